The molecule has 15 heteroatoms. The molecule has 2 aliphatic rings. The molecule has 0 bridgehead atoms. The second-order valence-electron chi connectivity index (χ2n) is 15.1. The molecule has 1 aromatic heterocycles. The summed E-state index contributed by atoms with van der Waals surface area (Å²) in [5.74, 6) is -3.19. The van der Waals surface area contributed by atoms with Crippen LogP contribution in [0.3, 0.4) is 0 Å². The van der Waals surface area contributed by atoms with E-state index in [9.17, 15) is 24.0 Å². The third kappa shape index (κ3) is 9.72. The molecule has 2 atom stereocenters. The molecule has 2 N–H and O–H groups in total. The fraction of sp³-hybridized carbons (Fsp3) is 0.157. The zero-order chi connectivity index (χ0) is 46.0. The predicted octanol–water partition coefficient (Wildman–Crippen LogP) is 7.92. The largest absolute Gasteiger partial charge is 0.462 e. The summed E-state index contributed by atoms with van der Waals surface area (Å²) in [7, 11) is 0. The molecular formula is C51H43N5O8S2. The van der Waals surface area contributed by atoms with Crippen LogP contribution in [0.1, 0.15) is 53.5 Å². The number of benzene rings is 5. The van der Waals surface area contributed by atoms with Crippen LogP contribution in [0.2, 0.25) is 0 Å². The first-order valence-corrected chi connectivity index (χ1v) is 22.8. The fourth-order valence-corrected chi connectivity index (χ4v) is 9.84. The minimum absolute atomic E-state index is 0.00654. The van der Waals surface area contributed by atoms with Crippen molar-refractivity contribution in [1.82, 2.24) is 15.2 Å². The summed E-state index contributed by atoms with van der Waals surface area (Å²) in [6.45, 7) is 2.39. The lowest BCUT2D eigenvalue weighted by Gasteiger charge is -2.49. The molecule has 0 radical (unpaired) electrons. The number of ether oxygens (including phenoxy) is 2. The van der Waals surface area contributed by atoms with Crippen molar-refractivity contribution in [3.05, 3.63) is 214 Å². The van der Waals surface area contributed by atoms with Gasteiger partial charge in [-0.3, -0.25) is 19.3 Å². The topological polar surface area (TPSA) is 166 Å². The van der Waals surface area contributed by atoms with Crippen LogP contribution in [0, 0.1) is 0 Å². The quantitative estimate of drug-likeness (QED) is 0.0242. The lowest BCUT2D eigenvalue weighted by molar-refractivity contribution is -0.154. The normalized spacial score (nSPS) is 16.0. The highest BCUT2D eigenvalue weighted by molar-refractivity contribution is 8.00. The molecule has 8 rings (SSSR count). The molecule has 0 saturated carbocycles. The zero-order valence-corrected chi connectivity index (χ0v) is 37.4. The van der Waals surface area contributed by atoms with Gasteiger partial charge in [0.1, 0.15) is 35.0 Å². The summed E-state index contributed by atoms with van der Waals surface area (Å²) in [6.07, 6.45) is 2.40. The van der Waals surface area contributed by atoms with Gasteiger partial charge in [0.05, 0.1) is 0 Å². The van der Waals surface area contributed by atoms with Gasteiger partial charge >= 0.3 is 17.9 Å². The molecule has 2 amide bonds. The highest BCUT2D eigenvalue weighted by atomic mass is 32.2. The maximum Gasteiger partial charge on any atom is 0.356 e. The number of thioether (sulfide) groups is 1. The van der Waals surface area contributed by atoms with Crippen LogP contribution < -0.4 is 10.6 Å². The summed E-state index contributed by atoms with van der Waals surface area (Å²) in [5, 5.41) is 11.7. The van der Waals surface area contributed by atoms with Crippen LogP contribution in [-0.4, -0.2) is 69.1 Å². The van der Waals surface area contributed by atoms with Crippen LogP contribution in [0.15, 0.2) is 186 Å². The number of thiazole rings is 1. The number of oxime groups is 1. The summed E-state index contributed by atoms with van der Waals surface area (Å²) >= 11 is 2.54. The number of carbonyl (C=O) groups excluding carboxylic acids is 5. The first-order valence-electron chi connectivity index (χ1n) is 20.9. The van der Waals surface area contributed by atoms with Crippen molar-refractivity contribution in [2.24, 2.45) is 5.16 Å². The number of hydrogen-bond donors (Lipinski definition) is 2. The van der Waals surface area contributed by atoms with E-state index in [0.29, 0.717) is 10.7 Å². The van der Waals surface area contributed by atoms with Crippen LogP contribution >= 0.6 is 23.1 Å². The highest BCUT2D eigenvalue weighted by Gasteiger charge is 2.55. The number of nitrogens with one attached hydrogen (secondary N) is 2. The number of amides is 2. The first-order chi connectivity index (χ1) is 32.1. The van der Waals surface area contributed by atoms with Gasteiger partial charge in [-0.25, -0.2) is 14.6 Å². The molecule has 1 fully saturated rings. The third-order valence-electron chi connectivity index (χ3n) is 10.8. The van der Waals surface area contributed by atoms with Gasteiger partial charge < -0.3 is 24.9 Å². The van der Waals surface area contributed by atoms with E-state index < -0.39 is 52.8 Å². The molecule has 6 aromatic rings. The zero-order valence-electron chi connectivity index (χ0n) is 35.7. The fourth-order valence-electron chi connectivity index (χ4n) is 7.77. The number of β-lactam (4-membered cyclic amide) rings is 1. The van der Waals surface area contributed by atoms with Crippen LogP contribution in [0.4, 0.5) is 5.13 Å². The van der Waals surface area contributed by atoms with E-state index in [1.807, 2.05) is 152 Å². The van der Waals surface area contributed by atoms with Crippen LogP contribution in [-0.2, 0) is 43.8 Å². The number of esters is 2. The molecule has 66 heavy (non-hydrogen) atoms. The number of fused-ring (bicyclic) bond motifs is 1. The lowest BCUT2D eigenvalue weighted by Crippen LogP contribution is -2.71. The minimum atomic E-state index is -1.11. The standard InChI is InChI=1S/C51H43N5O8S2/c1-33(57)62-30-18-23-37-31-65-48-43(47(60)56(48)44(37)49(61)63-45(35-19-8-3-9-20-35)36-21-10-4-11-22-36)53-46(59)42(55-64-34(2)58)41-32-66-50(52-41)54-51(38-24-12-5-13-25-38,39-26-14-6-15-27-39)40-28-16-7-17-29-40/h3-29,32,43,45,48H,30-31H2,1-2H3,(H,52,54)(H,53,59)/b23-18-,55-42+/t43?,48-/m1/s1. The Hall–Kier alpha value is -7.62. The van der Waals surface area contributed by atoms with Crippen LogP contribution in [0.25, 0.3) is 0 Å². The van der Waals surface area contributed by atoms with Gasteiger partial charge in [-0.15, -0.1) is 23.1 Å². The van der Waals surface area contributed by atoms with Crippen molar-refractivity contribution in [1.29, 1.82) is 0 Å². The molecule has 13 nitrogen and oxygen atoms in total. The van der Waals surface area contributed by atoms with Gasteiger partial charge in [0, 0.05) is 25.0 Å². The number of hydrogen-bond acceptors (Lipinski definition) is 13. The number of carbonyl (C=O) groups is 5. The summed E-state index contributed by atoms with van der Waals surface area (Å²) < 4.78 is 11.3. The summed E-state index contributed by atoms with van der Waals surface area (Å²) in [5.41, 5.74) is 3.49. The minimum Gasteiger partial charge on any atom is -0.462 e. The van der Waals surface area contributed by atoms with Gasteiger partial charge in [-0.1, -0.05) is 163 Å². The van der Waals surface area contributed by atoms with Crippen molar-refractivity contribution in [3.63, 3.8) is 0 Å². The molecule has 2 aliphatic heterocycles. The second kappa shape index (κ2) is 20.5. The van der Waals surface area contributed by atoms with E-state index in [2.05, 4.69) is 15.8 Å². The average Bonchev–Trinajstić information content (AvgIpc) is 3.81. The van der Waals surface area contributed by atoms with Crippen molar-refractivity contribution in [2.45, 2.75) is 36.9 Å². The Morgan fingerprint density at radius 3 is 1.83 bits per heavy atom. The van der Waals surface area contributed by atoms with E-state index in [4.69, 9.17) is 19.3 Å². The van der Waals surface area contributed by atoms with Gasteiger partial charge in [0.15, 0.2) is 16.9 Å². The maximum atomic E-state index is 14.4. The monoisotopic (exact) mass is 917 g/mol. The Balaban J connectivity index is 1.08. The number of nitrogens with zero attached hydrogens (tertiary/aromatic N) is 3. The van der Waals surface area contributed by atoms with E-state index in [1.165, 1.54) is 34.9 Å². The number of anilines is 1. The van der Waals surface area contributed by atoms with Crippen molar-refractivity contribution in [2.75, 3.05) is 17.7 Å². The molecule has 0 spiro atoms. The smallest absolute Gasteiger partial charge is 0.356 e. The van der Waals surface area contributed by atoms with E-state index in [-0.39, 0.29) is 29.5 Å². The Labute approximate surface area is 389 Å². The Morgan fingerprint density at radius 1 is 0.788 bits per heavy atom. The van der Waals surface area contributed by atoms with Crippen molar-refractivity contribution < 1.29 is 38.3 Å². The number of aromatic nitrogens is 1. The molecule has 1 unspecified atom stereocenters. The first kappa shape index (κ1) is 45.0. The van der Waals surface area contributed by atoms with Crippen LogP contribution in [0.5, 0.6) is 0 Å². The number of rotatable bonds is 16. The average molecular weight is 918 g/mol. The Bertz CT molecular complexity index is 2670. The molecule has 332 valence electrons. The third-order valence-corrected chi connectivity index (χ3v) is 12.8. The van der Waals surface area contributed by atoms with E-state index in [1.54, 1.807) is 17.5 Å². The number of allylic oxidation sites excluding steroid dienone is 1. The van der Waals surface area contributed by atoms with Gasteiger partial charge in [0.25, 0.3) is 11.8 Å². The van der Waals surface area contributed by atoms with Crippen molar-refractivity contribution in [3.8, 4) is 0 Å². The van der Waals surface area contributed by atoms with Crippen molar-refractivity contribution >= 4 is 63.7 Å². The molecule has 5 aromatic carbocycles. The molecular weight excluding hydrogens is 875 g/mol. The summed E-state index contributed by atoms with van der Waals surface area (Å²) in [6, 6.07) is 47.1. The maximum absolute atomic E-state index is 14.4. The van der Waals surface area contributed by atoms with E-state index >= 15 is 0 Å². The summed E-state index contributed by atoms with van der Waals surface area (Å²) in [4.78, 5) is 77.6. The predicted molar refractivity (Wildman–Crippen MR) is 252 cm³/mol. The Kier molecular flexibility index (Phi) is 14.0. The van der Waals surface area contributed by atoms with Gasteiger partial charge in [0.2, 0.25) is 0 Å². The molecule has 3 heterocycles. The van der Waals surface area contributed by atoms with Gasteiger partial charge in [-0.2, -0.15) is 0 Å². The Morgan fingerprint density at radius 2 is 1.32 bits per heavy atom. The molecule has 0 aliphatic carbocycles. The lowest BCUT2D eigenvalue weighted by atomic mass is 9.77. The van der Waals surface area contributed by atoms with Gasteiger partial charge in [-0.05, 0) is 39.5 Å². The SMILES string of the molecule is CC(=O)OC/C=C\C1=C(C(=O)OC(c2ccccc2)c2ccccc2)N2C(=O)C(NC(=O)/C(=N/OC(C)=O)c3csc(NC(c4ccccc4)(c4ccccc4)c4ccccc4)n3)[C@H]2SC1. The highest BCUT2D eigenvalue weighted by Crippen LogP contribution is 2.43. The van der Waals surface area contributed by atoms with E-state index in [0.717, 1.165) is 34.7 Å². The molecule has 1 saturated heterocycles. The second-order valence-corrected chi connectivity index (χ2v) is 17.0.